The molecular formula is C26H26N4O2. The number of ether oxygens (including phenoxy) is 1. The summed E-state index contributed by atoms with van der Waals surface area (Å²) in [4.78, 5) is 17.7. The largest absolute Gasteiger partial charge is 0.379 e. The Hall–Kier alpha value is -3.48. The summed E-state index contributed by atoms with van der Waals surface area (Å²) >= 11 is 0. The number of hydrogen-bond donors (Lipinski definition) is 0. The van der Waals surface area contributed by atoms with Gasteiger partial charge in [0.1, 0.15) is 0 Å². The monoisotopic (exact) mass is 426 g/mol. The van der Waals surface area contributed by atoms with Crippen LogP contribution < -0.4 is 9.91 Å². The average molecular weight is 427 g/mol. The minimum Gasteiger partial charge on any atom is -0.379 e. The molecule has 0 aromatic heterocycles. The van der Waals surface area contributed by atoms with Crippen molar-refractivity contribution < 1.29 is 9.53 Å². The zero-order valence-corrected chi connectivity index (χ0v) is 17.9. The van der Waals surface area contributed by atoms with Crippen LogP contribution in [0, 0.1) is 0 Å². The molecule has 0 spiro atoms. The standard InChI is InChI=1S/C26H26N4O2/c31-26-25(23-13-7-8-14-24(23)29(26)20-28-15-17-32-18-16-28)27-30(22-11-5-2-6-12-22)19-21-9-3-1-4-10-21/h1-14H,15-20H2. The first-order valence-corrected chi connectivity index (χ1v) is 11.0. The average Bonchev–Trinajstić information content (AvgIpc) is 3.11. The number of carbonyl (C=O) groups is 1. The van der Waals surface area contributed by atoms with E-state index in [0.29, 0.717) is 32.1 Å². The van der Waals surface area contributed by atoms with E-state index in [1.165, 1.54) is 0 Å². The number of morpholine rings is 1. The van der Waals surface area contributed by atoms with E-state index in [1.807, 2.05) is 82.7 Å². The molecule has 1 saturated heterocycles. The lowest BCUT2D eigenvalue weighted by molar-refractivity contribution is -0.112. The zero-order chi connectivity index (χ0) is 21.8. The van der Waals surface area contributed by atoms with E-state index in [0.717, 1.165) is 35.6 Å². The SMILES string of the molecule is O=C1C(=NN(Cc2ccccc2)c2ccccc2)c2ccccc2N1CN1CCOCC1. The lowest BCUT2D eigenvalue weighted by atomic mass is 10.1. The number of para-hydroxylation sites is 2. The van der Waals surface area contributed by atoms with Crippen LogP contribution in [0.2, 0.25) is 0 Å². The van der Waals surface area contributed by atoms with Gasteiger partial charge in [0.15, 0.2) is 5.71 Å². The van der Waals surface area contributed by atoms with Crippen molar-refractivity contribution in [2.45, 2.75) is 6.54 Å². The molecule has 0 aliphatic carbocycles. The van der Waals surface area contributed by atoms with Crippen LogP contribution in [0.1, 0.15) is 11.1 Å². The molecule has 0 saturated carbocycles. The van der Waals surface area contributed by atoms with E-state index in [1.54, 1.807) is 0 Å². The number of carbonyl (C=O) groups excluding carboxylic acids is 1. The van der Waals surface area contributed by atoms with Crippen LogP contribution in [0.25, 0.3) is 0 Å². The van der Waals surface area contributed by atoms with Gasteiger partial charge in [0, 0.05) is 18.7 Å². The third kappa shape index (κ3) is 4.28. The van der Waals surface area contributed by atoms with E-state index in [4.69, 9.17) is 9.84 Å². The van der Waals surface area contributed by atoms with Crippen LogP contribution >= 0.6 is 0 Å². The molecule has 5 rings (SSSR count). The lowest BCUT2D eigenvalue weighted by Crippen LogP contribution is -2.46. The number of hydrogen-bond acceptors (Lipinski definition) is 5. The summed E-state index contributed by atoms with van der Waals surface area (Å²) in [6.45, 7) is 4.16. The van der Waals surface area contributed by atoms with E-state index in [2.05, 4.69) is 17.0 Å². The molecule has 0 unspecified atom stereocenters. The maximum Gasteiger partial charge on any atom is 0.280 e. The summed E-state index contributed by atoms with van der Waals surface area (Å²) in [5, 5.41) is 6.84. The molecular weight excluding hydrogens is 400 g/mol. The molecule has 0 N–H and O–H groups in total. The van der Waals surface area contributed by atoms with Crippen LogP contribution in [0.15, 0.2) is 90.0 Å². The van der Waals surface area contributed by atoms with Crippen molar-refractivity contribution in [1.82, 2.24) is 4.90 Å². The highest BCUT2D eigenvalue weighted by atomic mass is 16.5. The fourth-order valence-electron chi connectivity index (χ4n) is 4.10. The van der Waals surface area contributed by atoms with Crippen molar-refractivity contribution >= 4 is 23.0 Å². The molecule has 3 aromatic rings. The molecule has 6 nitrogen and oxygen atoms in total. The number of fused-ring (bicyclic) bond motifs is 1. The quantitative estimate of drug-likeness (QED) is 0.564. The minimum atomic E-state index is -0.0633. The topological polar surface area (TPSA) is 48.4 Å². The van der Waals surface area contributed by atoms with Gasteiger partial charge in [0.25, 0.3) is 5.91 Å². The number of amides is 1. The number of anilines is 2. The van der Waals surface area contributed by atoms with Gasteiger partial charge in [-0.1, -0.05) is 66.7 Å². The highest BCUT2D eigenvalue weighted by molar-refractivity contribution is 6.54. The second-order valence-corrected chi connectivity index (χ2v) is 7.95. The predicted octanol–water partition coefficient (Wildman–Crippen LogP) is 3.73. The van der Waals surface area contributed by atoms with Crippen molar-refractivity contribution in [2.75, 3.05) is 42.9 Å². The van der Waals surface area contributed by atoms with Crippen molar-refractivity contribution in [3.05, 3.63) is 96.1 Å². The van der Waals surface area contributed by atoms with E-state index in [-0.39, 0.29) is 5.91 Å². The molecule has 0 atom stereocenters. The second kappa shape index (κ2) is 9.34. The fourth-order valence-corrected chi connectivity index (χ4v) is 4.10. The van der Waals surface area contributed by atoms with Gasteiger partial charge >= 0.3 is 0 Å². The number of nitrogens with zero attached hydrogens (tertiary/aromatic N) is 4. The Morgan fingerprint density at radius 1 is 0.844 bits per heavy atom. The molecule has 0 bridgehead atoms. The van der Waals surface area contributed by atoms with Gasteiger partial charge in [0.2, 0.25) is 0 Å². The van der Waals surface area contributed by atoms with Gasteiger partial charge < -0.3 is 4.74 Å². The van der Waals surface area contributed by atoms with Crippen LogP contribution in [0.3, 0.4) is 0 Å². The summed E-state index contributed by atoms with van der Waals surface area (Å²) in [5.74, 6) is -0.0633. The molecule has 2 aliphatic heterocycles. The van der Waals surface area contributed by atoms with Crippen LogP contribution in [-0.2, 0) is 16.1 Å². The van der Waals surface area contributed by atoms with Gasteiger partial charge in [-0.2, -0.15) is 5.10 Å². The zero-order valence-electron chi connectivity index (χ0n) is 17.9. The third-order valence-electron chi connectivity index (χ3n) is 5.79. The number of rotatable bonds is 6. The van der Waals surface area contributed by atoms with Crippen molar-refractivity contribution in [2.24, 2.45) is 5.10 Å². The summed E-state index contributed by atoms with van der Waals surface area (Å²) in [6.07, 6.45) is 0. The number of benzene rings is 3. The molecule has 32 heavy (non-hydrogen) atoms. The van der Waals surface area contributed by atoms with Gasteiger partial charge in [-0.3, -0.25) is 19.6 Å². The maximum absolute atomic E-state index is 13.6. The summed E-state index contributed by atoms with van der Waals surface area (Å²) in [5.41, 5.74) is 4.34. The van der Waals surface area contributed by atoms with Gasteiger partial charge in [-0.05, 0) is 23.8 Å². The van der Waals surface area contributed by atoms with Crippen molar-refractivity contribution in [1.29, 1.82) is 0 Å². The molecule has 6 heteroatoms. The van der Waals surface area contributed by atoms with E-state index >= 15 is 0 Å². The van der Waals surface area contributed by atoms with Crippen molar-refractivity contribution in [3.8, 4) is 0 Å². The molecule has 0 radical (unpaired) electrons. The molecule has 2 aliphatic rings. The Balaban J connectivity index is 1.50. The van der Waals surface area contributed by atoms with Crippen LogP contribution in [0.5, 0.6) is 0 Å². The summed E-state index contributed by atoms with van der Waals surface area (Å²) in [6, 6.07) is 28.1. The Labute approximate surface area is 188 Å². The lowest BCUT2D eigenvalue weighted by Gasteiger charge is -2.30. The van der Waals surface area contributed by atoms with Crippen LogP contribution in [0.4, 0.5) is 11.4 Å². The first-order valence-electron chi connectivity index (χ1n) is 11.0. The summed E-state index contributed by atoms with van der Waals surface area (Å²) < 4.78 is 5.46. The van der Waals surface area contributed by atoms with Gasteiger partial charge in [-0.25, -0.2) is 0 Å². The Kier molecular flexibility index (Phi) is 5.96. The predicted molar refractivity (Wildman–Crippen MR) is 127 cm³/mol. The first-order chi connectivity index (χ1) is 15.8. The summed E-state index contributed by atoms with van der Waals surface area (Å²) in [7, 11) is 0. The maximum atomic E-state index is 13.6. The molecule has 1 amide bonds. The third-order valence-corrected chi connectivity index (χ3v) is 5.79. The highest BCUT2D eigenvalue weighted by Crippen LogP contribution is 2.30. The van der Waals surface area contributed by atoms with Gasteiger partial charge in [-0.15, -0.1) is 0 Å². The highest BCUT2D eigenvalue weighted by Gasteiger charge is 2.35. The van der Waals surface area contributed by atoms with Gasteiger partial charge in [0.05, 0.1) is 37.8 Å². The fraction of sp³-hybridized carbons (Fsp3) is 0.231. The second-order valence-electron chi connectivity index (χ2n) is 7.95. The van der Waals surface area contributed by atoms with Crippen LogP contribution in [-0.4, -0.2) is 49.5 Å². The minimum absolute atomic E-state index is 0.0633. The molecule has 2 heterocycles. The first kappa shape index (κ1) is 20.4. The van der Waals surface area contributed by atoms with Crippen molar-refractivity contribution in [3.63, 3.8) is 0 Å². The Morgan fingerprint density at radius 2 is 1.50 bits per heavy atom. The Morgan fingerprint density at radius 3 is 2.25 bits per heavy atom. The Bertz CT molecular complexity index is 1100. The number of hydrazone groups is 1. The smallest absolute Gasteiger partial charge is 0.280 e. The van der Waals surface area contributed by atoms with E-state index in [9.17, 15) is 4.79 Å². The molecule has 162 valence electrons. The normalized spacial score (nSPS) is 17.6. The molecule has 1 fully saturated rings. The van der Waals surface area contributed by atoms with E-state index < -0.39 is 0 Å². The molecule has 3 aromatic carbocycles.